The summed E-state index contributed by atoms with van der Waals surface area (Å²) >= 11 is 0. The zero-order valence-electron chi connectivity index (χ0n) is 10.3. The molecular weight excluding hydrogens is 275 g/mol. The van der Waals surface area contributed by atoms with Crippen molar-refractivity contribution in [2.45, 2.75) is 18.2 Å². The minimum Gasteiger partial charge on any atom is -0.466 e. The van der Waals surface area contributed by atoms with E-state index in [-0.39, 0.29) is 25.3 Å². The molecule has 3 N–H and O–H groups in total. The van der Waals surface area contributed by atoms with Crippen LogP contribution < -0.4 is 10.5 Å². The van der Waals surface area contributed by atoms with Crippen molar-refractivity contribution < 1.29 is 22.3 Å². The van der Waals surface area contributed by atoms with E-state index in [1.54, 1.807) is 6.92 Å². The number of nitrogens with two attached hydrogens (primary N) is 1. The predicted octanol–water partition coefficient (Wildman–Crippen LogP) is 0.639. The van der Waals surface area contributed by atoms with Gasteiger partial charge in [0.2, 0.25) is 10.0 Å². The highest BCUT2D eigenvalue weighted by Crippen LogP contribution is 2.16. The number of ether oxygens (including phenoxy) is 1. The first-order chi connectivity index (χ1) is 8.86. The summed E-state index contributed by atoms with van der Waals surface area (Å²) < 4.78 is 43.7. The maximum atomic E-state index is 13.5. The van der Waals surface area contributed by atoms with Crippen molar-refractivity contribution in [3.63, 3.8) is 0 Å². The van der Waals surface area contributed by atoms with Crippen LogP contribution in [0.25, 0.3) is 0 Å². The molecule has 0 aliphatic rings. The van der Waals surface area contributed by atoms with E-state index < -0.39 is 26.7 Å². The van der Waals surface area contributed by atoms with Gasteiger partial charge in [-0.25, -0.2) is 17.5 Å². The summed E-state index contributed by atoms with van der Waals surface area (Å²) in [6.45, 7) is 1.70. The van der Waals surface area contributed by atoms with Gasteiger partial charge in [0.25, 0.3) is 0 Å². The second kappa shape index (κ2) is 6.48. The number of rotatable bonds is 6. The Hall–Kier alpha value is -1.67. The number of anilines is 1. The average Bonchev–Trinajstić information content (AvgIpc) is 2.28. The molecule has 0 heterocycles. The SMILES string of the molecule is CCOC(=O)CCNS(=O)(=O)c1ccc(N)cc1F. The van der Waals surface area contributed by atoms with Crippen LogP contribution in [0, 0.1) is 5.82 Å². The first-order valence-corrected chi connectivity index (χ1v) is 7.05. The van der Waals surface area contributed by atoms with Gasteiger partial charge in [-0.2, -0.15) is 0 Å². The van der Waals surface area contributed by atoms with E-state index in [0.717, 1.165) is 12.1 Å². The summed E-state index contributed by atoms with van der Waals surface area (Å²) in [6, 6.07) is 3.26. The van der Waals surface area contributed by atoms with Crippen LogP contribution in [0.4, 0.5) is 10.1 Å². The van der Waals surface area contributed by atoms with Crippen molar-refractivity contribution in [3.8, 4) is 0 Å². The van der Waals surface area contributed by atoms with E-state index in [9.17, 15) is 17.6 Å². The molecule has 0 aliphatic heterocycles. The van der Waals surface area contributed by atoms with Gasteiger partial charge >= 0.3 is 5.97 Å². The molecule has 0 radical (unpaired) electrons. The van der Waals surface area contributed by atoms with Crippen molar-refractivity contribution in [1.82, 2.24) is 4.72 Å². The van der Waals surface area contributed by atoms with E-state index in [2.05, 4.69) is 9.46 Å². The Morgan fingerprint density at radius 1 is 1.47 bits per heavy atom. The molecule has 0 fully saturated rings. The highest BCUT2D eigenvalue weighted by Gasteiger charge is 2.19. The Kier molecular flexibility index (Phi) is 5.25. The van der Waals surface area contributed by atoms with E-state index >= 15 is 0 Å². The maximum Gasteiger partial charge on any atom is 0.307 e. The molecule has 0 unspecified atom stereocenters. The minimum absolute atomic E-state index is 0.121. The van der Waals surface area contributed by atoms with Crippen molar-refractivity contribution >= 4 is 21.7 Å². The van der Waals surface area contributed by atoms with Crippen LogP contribution in [-0.4, -0.2) is 27.5 Å². The fourth-order valence-electron chi connectivity index (χ4n) is 1.33. The summed E-state index contributed by atoms with van der Waals surface area (Å²) in [5.41, 5.74) is 5.46. The van der Waals surface area contributed by atoms with E-state index in [4.69, 9.17) is 5.73 Å². The number of carbonyl (C=O) groups excluding carboxylic acids is 1. The van der Waals surface area contributed by atoms with Crippen LogP contribution in [0.5, 0.6) is 0 Å². The first kappa shape index (κ1) is 15.4. The molecule has 0 saturated heterocycles. The maximum absolute atomic E-state index is 13.5. The Labute approximate surface area is 110 Å². The topological polar surface area (TPSA) is 98.5 Å². The van der Waals surface area contributed by atoms with Gasteiger partial charge in [-0.1, -0.05) is 0 Å². The van der Waals surface area contributed by atoms with E-state index in [1.165, 1.54) is 6.07 Å². The lowest BCUT2D eigenvalue weighted by molar-refractivity contribution is -0.142. The molecule has 1 rings (SSSR count). The summed E-state index contributed by atoms with van der Waals surface area (Å²) in [4.78, 5) is 10.5. The molecule has 0 atom stereocenters. The summed E-state index contributed by atoms with van der Waals surface area (Å²) in [5.74, 6) is -1.47. The van der Waals surface area contributed by atoms with Gasteiger partial charge in [0, 0.05) is 12.2 Å². The number of hydrogen-bond acceptors (Lipinski definition) is 5. The molecule has 1 aromatic rings. The van der Waals surface area contributed by atoms with Crippen LogP contribution in [0.2, 0.25) is 0 Å². The van der Waals surface area contributed by atoms with E-state index in [1.807, 2.05) is 0 Å². The second-order valence-electron chi connectivity index (χ2n) is 3.64. The quantitative estimate of drug-likeness (QED) is 0.591. The molecule has 0 spiro atoms. The molecule has 0 aromatic heterocycles. The molecule has 8 heteroatoms. The Bertz CT molecular complexity index is 560. The third-order valence-corrected chi connectivity index (χ3v) is 3.67. The zero-order valence-corrected chi connectivity index (χ0v) is 11.2. The molecule has 19 heavy (non-hydrogen) atoms. The normalized spacial score (nSPS) is 11.3. The molecule has 0 aliphatic carbocycles. The number of nitrogen functional groups attached to an aromatic ring is 1. The molecule has 0 saturated carbocycles. The standard InChI is InChI=1S/C11H15FN2O4S/c1-2-18-11(15)5-6-14-19(16,17)10-4-3-8(13)7-9(10)12/h3-4,7,14H,2,5-6,13H2,1H3. The van der Waals surface area contributed by atoms with Crippen LogP contribution in [0.15, 0.2) is 23.1 Å². The molecule has 6 nitrogen and oxygen atoms in total. The van der Waals surface area contributed by atoms with Crippen molar-refractivity contribution in [2.75, 3.05) is 18.9 Å². The summed E-state index contributed by atoms with van der Waals surface area (Å²) in [6.07, 6.45) is -0.121. The number of nitrogens with one attached hydrogen (secondary N) is 1. The van der Waals surface area contributed by atoms with Crippen molar-refractivity contribution in [3.05, 3.63) is 24.0 Å². The first-order valence-electron chi connectivity index (χ1n) is 5.57. The monoisotopic (exact) mass is 290 g/mol. The number of halogens is 1. The average molecular weight is 290 g/mol. The molecule has 0 bridgehead atoms. The van der Waals surface area contributed by atoms with Crippen molar-refractivity contribution in [2.24, 2.45) is 0 Å². The van der Waals surface area contributed by atoms with Gasteiger partial charge < -0.3 is 10.5 Å². The highest BCUT2D eigenvalue weighted by molar-refractivity contribution is 7.89. The van der Waals surface area contributed by atoms with Gasteiger partial charge in [-0.3, -0.25) is 4.79 Å². The minimum atomic E-state index is -4.01. The van der Waals surface area contributed by atoms with Crippen LogP contribution in [0.1, 0.15) is 13.3 Å². The Morgan fingerprint density at radius 3 is 2.74 bits per heavy atom. The number of benzene rings is 1. The van der Waals surface area contributed by atoms with Gasteiger partial charge in [0.1, 0.15) is 10.7 Å². The summed E-state index contributed by atoms with van der Waals surface area (Å²) in [7, 11) is -4.01. The van der Waals surface area contributed by atoms with Gasteiger partial charge in [0.15, 0.2) is 0 Å². The van der Waals surface area contributed by atoms with Crippen LogP contribution in [0.3, 0.4) is 0 Å². The molecular formula is C11H15FN2O4S. The third-order valence-electron chi connectivity index (χ3n) is 2.17. The predicted molar refractivity (Wildman–Crippen MR) is 67.3 cm³/mol. The zero-order chi connectivity index (χ0) is 14.5. The van der Waals surface area contributed by atoms with Crippen molar-refractivity contribution in [1.29, 1.82) is 0 Å². The summed E-state index contributed by atoms with van der Waals surface area (Å²) in [5, 5.41) is 0. The number of esters is 1. The number of carbonyl (C=O) groups is 1. The lowest BCUT2D eigenvalue weighted by Crippen LogP contribution is -2.27. The lowest BCUT2D eigenvalue weighted by atomic mass is 10.3. The number of sulfonamides is 1. The largest absolute Gasteiger partial charge is 0.466 e. The fourth-order valence-corrected chi connectivity index (χ4v) is 2.42. The van der Waals surface area contributed by atoms with E-state index in [0.29, 0.717) is 0 Å². The molecule has 1 aromatic carbocycles. The van der Waals surface area contributed by atoms with Gasteiger partial charge in [0.05, 0.1) is 13.0 Å². The second-order valence-corrected chi connectivity index (χ2v) is 5.38. The fraction of sp³-hybridized carbons (Fsp3) is 0.364. The smallest absolute Gasteiger partial charge is 0.307 e. The molecule has 0 amide bonds. The Morgan fingerprint density at radius 2 is 2.16 bits per heavy atom. The van der Waals surface area contributed by atoms with Gasteiger partial charge in [-0.15, -0.1) is 0 Å². The third kappa shape index (κ3) is 4.49. The lowest BCUT2D eigenvalue weighted by Gasteiger charge is -2.07. The highest BCUT2D eigenvalue weighted by atomic mass is 32.2. The van der Waals surface area contributed by atoms with Crippen LogP contribution >= 0.6 is 0 Å². The van der Waals surface area contributed by atoms with Crippen LogP contribution in [-0.2, 0) is 19.6 Å². The van der Waals surface area contributed by atoms with Gasteiger partial charge in [-0.05, 0) is 25.1 Å². The molecule has 106 valence electrons. The number of hydrogen-bond donors (Lipinski definition) is 2. The Balaban J connectivity index is 2.68.